The number of hydrogen-bond acceptors (Lipinski definition) is 7. The minimum atomic E-state index is -4.31. The fourth-order valence-corrected chi connectivity index (χ4v) is 7.66. The van der Waals surface area contributed by atoms with E-state index in [0.29, 0.717) is 29.9 Å². The average molecular weight is 572 g/mol. The lowest BCUT2D eigenvalue weighted by Crippen LogP contribution is -2.63. The molecule has 1 aromatic carbocycles. The quantitative estimate of drug-likeness (QED) is 0.456. The molecule has 3 aliphatic carbocycles. The average Bonchev–Trinajstić information content (AvgIpc) is 3.44. The molecule has 0 radical (unpaired) electrons. The Morgan fingerprint density at radius 2 is 1.71 bits per heavy atom. The maximum Gasteiger partial charge on any atom is 0.393 e. The summed E-state index contributed by atoms with van der Waals surface area (Å²) in [5.41, 5.74) is 7.87. The molecule has 1 aromatic heterocycles. The van der Waals surface area contributed by atoms with E-state index in [-0.39, 0.29) is 16.9 Å². The van der Waals surface area contributed by atoms with Gasteiger partial charge in [0.1, 0.15) is 5.60 Å². The van der Waals surface area contributed by atoms with Crippen LogP contribution in [0.4, 0.5) is 18.9 Å². The standard InChI is InChI=1S/C30H36F3N5O3/c1-26(18-37(2)19-26)30(40,21-5-3-20(4-6-21)14-29(31,32)33)22-13-23(16-35-15-22)38-17-24(41-36-38)27-7-10-28(11-8-27,12-9-27)25(34)39/h3-6,13,15-17,36,40H,7-12,14,18-19H2,1-2H3,(H2,34,39)/t27?,28?,30-/m0/s1. The van der Waals surface area contributed by atoms with E-state index >= 15 is 0 Å². The van der Waals surface area contributed by atoms with Crippen LogP contribution in [-0.4, -0.2) is 47.2 Å². The van der Waals surface area contributed by atoms with Crippen LogP contribution in [0.15, 0.2) is 54.7 Å². The molecular formula is C30H36F3N5O3. The van der Waals surface area contributed by atoms with Crippen molar-refractivity contribution in [3.05, 3.63) is 71.4 Å². The summed E-state index contributed by atoms with van der Waals surface area (Å²) >= 11 is 0. The molecule has 1 amide bonds. The minimum absolute atomic E-state index is 0.139. The van der Waals surface area contributed by atoms with Gasteiger partial charge in [0.2, 0.25) is 5.91 Å². The topological polar surface area (TPSA) is 104 Å². The number of rotatable bonds is 7. The van der Waals surface area contributed by atoms with Crippen molar-refractivity contribution < 1.29 is 27.9 Å². The number of primary amides is 1. The van der Waals surface area contributed by atoms with Crippen molar-refractivity contribution in [2.24, 2.45) is 22.0 Å². The summed E-state index contributed by atoms with van der Waals surface area (Å²) in [6.07, 6.45) is 4.59. The van der Waals surface area contributed by atoms with Crippen LogP contribution in [0.25, 0.3) is 0 Å². The van der Waals surface area contributed by atoms with E-state index in [2.05, 4.69) is 15.5 Å². The van der Waals surface area contributed by atoms with Crippen molar-refractivity contribution in [3.8, 4) is 0 Å². The van der Waals surface area contributed by atoms with Gasteiger partial charge in [0.25, 0.3) is 0 Å². The van der Waals surface area contributed by atoms with E-state index in [4.69, 9.17) is 10.6 Å². The minimum Gasteiger partial charge on any atom is -0.391 e. The van der Waals surface area contributed by atoms with Crippen molar-refractivity contribution in [2.45, 2.75) is 63.6 Å². The smallest absolute Gasteiger partial charge is 0.391 e. The first-order chi connectivity index (χ1) is 19.3. The van der Waals surface area contributed by atoms with Crippen LogP contribution in [0.5, 0.6) is 0 Å². The molecule has 11 heteroatoms. The highest BCUT2D eigenvalue weighted by atomic mass is 19.4. The number of nitrogens with one attached hydrogen (secondary N) is 1. The predicted molar refractivity (Wildman–Crippen MR) is 146 cm³/mol. The molecule has 1 atom stereocenters. The second-order valence-corrected chi connectivity index (χ2v) is 12.8. The third-order valence-electron chi connectivity index (χ3n) is 10.1. The van der Waals surface area contributed by atoms with Gasteiger partial charge in [-0.25, -0.2) is 5.01 Å². The largest absolute Gasteiger partial charge is 0.393 e. The number of carbonyl (C=O) groups excluding carboxylic acids is 1. The SMILES string of the molecule is CN1CC(C)([C@](O)(c2ccc(CC(F)(F)F)cc2)c2cncc(N3C=C(C45CCC(C(N)=O)(CC4)CC5)ON3)c2)C1. The Morgan fingerprint density at radius 1 is 1.07 bits per heavy atom. The van der Waals surface area contributed by atoms with Gasteiger partial charge < -0.3 is 20.6 Å². The Labute approximate surface area is 237 Å². The fraction of sp³-hybridized carbons (Fsp3) is 0.533. The van der Waals surface area contributed by atoms with Crippen molar-refractivity contribution in [2.75, 3.05) is 25.1 Å². The van der Waals surface area contributed by atoms with Gasteiger partial charge in [-0.15, -0.1) is 0 Å². The van der Waals surface area contributed by atoms with Crippen molar-refractivity contribution in [3.63, 3.8) is 0 Å². The van der Waals surface area contributed by atoms with E-state index < -0.39 is 29.0 Å². The first-order valence-electron chi connectivity index (χ1n) is 14.0. The lowest BCUT2D eigenvalue weighted by Gasteiger charge is -2.55. The molecule has 0 spiro atoms. The lowest BCUT2D eigenvalue weighted by molar-refractivity contribution is -0.137. The summed E-state index contributed by atoms with van der Waals surface area (Å²) < 4.78 is 38.9. The third-order valence-corrected chi connectivity index (χ3v) is 10.1. The molecule has 0 unspecified atom stereocenters. The van der Waals surface area contributed by atoms with Crippen LogP contribution in [0.1, 0.15) is 62.1 Å². The number of aliphatic hydroxyl groups is 1. The number of allylic oxidation sites excluding steroid dienone is 1. The molecule has 8 nitrogen and oxygen atoms in total. The zero-order chi connectivity index (χ0) is 29.3. The van der Waals surface area contributed by atoms with Gasteiger partial charge in [0.05, 0.1) is 24.5 Å². The number of halogens is 3. The molecule has 4 fully saturated rings. The summed E-state index contributed by atoms with van der Waals surface area (Å²) in [4.78, 5) is 24.6. The molecular weight excluding hydrogens is 535 g/mol. The maximum absolute atomic E-state index is 13.0. The zero-order valence-corrected chi connectivity index (χ0v) is 23.3. The summed E-state index contributed by atoms with van der Waals surface area (Å²) in [5.74, 6) is 0.604. The molecule has 2 aliphatic heterocycles. The number of pyridine rings is 1. The number of carbonyl (C=O) groups is 1. The zero-order valence-electron chi connectivity index (χ0n) is 23.3. The molecule has 1 saturated heterocycles. The molecule has 7 rings (SSSR count). The first kappa shape index (κ1) is 28.0. The number of likely N-dealkylation sites (tertiary alicyclic amines) is 1. The summed E-state index contributed by atoms with van der Waals surface area (Å²) in [6, 6.07) is 7.88. The van der Waals surface area contributed by atoms with Crippen LogP contribution in [0.3, 0.4) is 0 Å². The Hall–Kier alpha value is -3.15. The van der Waals surface area contributed by atoms with Crippen LogP contribution in [0, 0.1) is 16.2 Å². The summed E-state index contributed by atoms with van der Waals surface area (Å²) in [5, 5.41) is 14.2. The number of hydrazine groups is 1. The van der Waals surface area contributed by atoms with Crippen molar-refractivity contribution in [1.29, 1.82) is 0 Å². The lowest BCUT2D eigenvalue weighted by atomic mass is 9.53. The summed E-state index contributed by atoms with van der Waals surface area (Å²) in [7, 11) is 1.96. The molecule has 220 valence electrons. The second-order valence-electron chi connectivity index (χ2n) is 12.8. The summed E-state index contributed by atoms with van der Waals surface area (Å²) in [6.45, 7) is 3.18. The molecule has 2 aromatic rings. The van der Waals surface area contributed by atoms with E-state index in [1.807, 2.05) is 26.2 Å². The highest BCUT2D eigenvalue weighted by Crippen LogP contribution is 2.60. The first-order valence-corrected chi connectivity index (χ1v) is 14.0. The van der Waals surface area contributed by atoms with Crippen molar-refractivity contribution in [1.82, 2.24) is 15.5 Å². The van der Waals surface area contributed by atoms with Gasteiger partial charge in [-0.3, -0.25) is 9.78 Å². The van der Waals surface area contributed by atoms with E-state index in [0.717, 1.165) is 44.3 Å². The normalized spacial score (nSPS) is 28.9. The number of amides is 1. The molecule has 3 saturated carbocycles. The van der Waals surface area contributed by atoms with Gasteiger partial charge in [0.15, 0.2) is 5.76 Å². The number of aromatic nitrogens is 1. The number of alkyl halides is 3. The number of nitrogens with zero attached hydrogens (tertiary/aromatic N) is 3. The molecule has 5 aliphatic rings. The van der Waals surface area contributed by atoms with E-state index in [9.17, 15) is 23.1 Å². The monoisotopic (exact) mass is 571 g/mol. The van der Waals surface area contributed by atoms with Crippen LogP contribution >= 0.6 is 0 Å². The highest BCUT2D eigenvalue weighted by Gasteiger charge is 2.56. The van der Waals surface area contributed by atoms with Gasteiger partial charge >= 0.3 is 6.18 Å². The Bertz CT molecular complexity index is 1350. The Kier molecular flexibility index (Phi) is 6.44. The number of fused-ring (bicyclic) bond motifs is 3. The van der Waals surface area contributed by atoms with Crippen LogP contribution in [0.2, 0.25) is 0 Å². The van der Waals surface area contributed by atoms with E-state index in [1.165, 1.54) is 12.1 Å². The number of anilines is 1. The number of nitrogens with two attached hydrogens (primary N) is 1. The van der Waals surface area contributed by atoms with Gasteiger partial charge in [-0.05, 0) is 62.8 Å². The number of hydrogen-bond donors (Lipinski definition) is 3. The van der Waals surface area contributed by atoms with Gasteiger partial charge in [-0.1, -0.05) is 36.8 Å². The molecule has 2 bridgehead atoms. The third kappa shape index (κ3) is 4.58. The number of benzene rings is 1. The Morgan fingerprint density at radius 3 is 2.27 bits per heavy atom. The van der Waals surface area contributed by atoms with Crippen LogP contribution in [-0.2, 0) is 21.7 Å². The van der Waals surface area contributed by atoms with Crippen LogP contribution < -0.4 is 16.3 Å². The molecule has 41 heavy (non-hydrogen) atoms. The maximum atomic E-state index is 13.0. The fourth-order valence-electron chi connectivity index (χ4n) is 7.66. The van der Waals surface area contributed by atoms with Gasteiger partial charge in [-0.2, -0.15) is 13.2 Å². The van der Waals surface area contributed by atoms with Gasteiger partial charge in [0, 0.05) is 41.1 Å². The Balaban J connectivity index is 1.30. The second kappa shape index (κ2) is 9.43. The highest BCUT2D eigenvalue weighted by molar-refractivity contribution is 5.81. The van der Waals surface area contributed by atoms with Crippen molar-refractivity contribution >= 4 is 11.6 Å². The molecule has 3 heterocycles. The predicted octanol–water partition coefficient (Wildman–Crippen LogP) is 4.30. The van der Waals surface area contributed by atoms with E-state index in [1.54, 1.807) is 29.5 Å². The molecule has 4 N–H and O–H groups in total.